The molecular formula is C16H17BrN2O2. The van der Waals surface area contributed by atoms with E-state index in [4.69, 9.17) is 10.5 Å². The van der Waals surface area contributed by atoms with Gasteiger partial charge in [0.25, 0.3) is 5.91 Å². The Hall–Kier alpha value is -2.01. The molecule has 0 heterocycles. The lowest BCUT2D eigenvalue weighted by Gasteiger charge is -2.16. The molecule has 0 saturated heterocycles. The van der Waals surface area contributed by atoms with Crippen LogP contribution >= 0.6 is 15.9 Å². The van der Waals surface area contributed by atoms with E-state index >= 15 is 0 Å². The Balaban J connectivity index is 1.87. The third kappa shape index (κ3) is 4.49. The zero-order valence-electron chi connectivity index (χ0n) is 11.7. The molecule has 2 rings (SSSR count). The highest BCUT2D eigenvalue weighted by Gasteiger charge is 2.12. The van der Waals surface area contributed by atoms with Crippen LogP contribution in [0.3, 0.4) is 0 Å². The van der Waals surface area contributed by atoms with E-state index in [2.05, 4.69) is 21.2 Å². The van der Waals surface area contributed by atoms with E-state index in [1.54, 1.807) is 24.3 Å². The summed E-state index contributed by atoms with van der Waals surface area (Å²) in [6, 6.07) is 14.6. The van der Waals surface area contributed by atoms with Crippen molar-refractivity contribution in [2.45, 2.75) is 13.0 Å². The molecule has 0 aromatic heterocycles. The lowest BCUT2D eigenvalue weighted by molar-refractivity contribution is -0.123. The summed E-state index contributed by atoms with van der Waals surface area (Å²) < 4.78 is 6.38. The minimum absolute atomic E-state index is 0.0291. The SMILES string of the molecule is CC(NC(=O)COc1ccc(N)cc1)c1ccccc1Br. The molecule has 3 N–H and O–H groups in total. The number of nitrogen functional groups attached to an aromatic ring is 1. The van der Waals surface area contributed by atoms with Crippen molar-refractivity contribution in [1.29, 1.82) is 0 Å². The Morgan fingerprint density at radius 2 is 1.90 bits per heavy atom. The van der Waals surface area contributed by atoms with E-state index in [1.807, 2.05) is 31.2 Å². The lowest BCUT2D eigenvalue weighted by Crippen LogP contribution is -2.31. The Morgan fingerprint density at radius 3 is 2.57 bits per heavy atom. The first kappa shape index (κ1) is 15.4. The number of carbonyl (C=O) groups is 1. The first-order valence-corrected chi connectivity index (χ1v) is 7.37. The van der Waals surface area contributed by atoms with Crippen molar-refractivity contribution >= 4 is 27.5 Å². The first-order valence-electron chi connectivity index (χ1n) is 6.58. The minimum atomic E-state index is -0.171. The van der Waals surface area contributed by atoms with Gasteiger partial charge in [-0.3, -0.25) is 4.79 Å². The van der Waals surface area contributed by atoms with Gasteiger partial charge in [0.2, 0.25) is 0 Å². The number of halogens is 1. The average Bonchev–Trinajstić information content (AvgIpc) is 2.47. The molecule has 21 heavy (non-hydrogen) atoms. The topological polar surface area (TPSA) is 64.3 Å². The summed E-state index contributed by atoms with van der Waals surface area (Å²) >= 11 is 3.47. The van der Waals surface area contributed by atoms with Crippen LogP contribution in [0.1, 0.15) is 18.5 Å². The largest absolute Gasteiger partial charge is 0.484 e. The molecule has 1 atom stereocenters. The second kappa shape index (κ2) is 7.13. The molecule has 0 bridgehead atoms. The number of anilines is 1. The van der Waals surface area contributed by atoms with E-state index in [0.717, 1.165) is 10.0 Å². The van der Waals surface area contributed by atoms with Crippen molar-refractivity contribution in [1.82, 2.24) is 5.32 Å². The molecule has 1 amide bonds. The van der Waals surface area contributed by atoms with Crippen LogP contribution in [0.25, 0.3) is 0 Å². The first-order chi connectivity index (χ1) is 10.1. The van der Waals surface area contributed by atoms with Crippen LogP contribution in [-0.4, -0.2) is 12.5 Å². The number of amides is 1. The molecule has 0 aliphatic heterocycles. The van der Waals surface area contributed by atoms with Gasteiger partial charge in [0.05, 0.1) is 6.04 Å². The predicted molar refractivity (Wildman–Crippen MR) is 87.0 cm³/mol. The maximum absolute atomic E-state index is 11.9. The van der Waals surface area contributed by atoms with Crippen LogP contribution in [0.15, 0.2) is 53.0 Å². The molecule has 0 saturated carbocycles. The van der Waals surface area contributed by atoms with E-state index in [9.17, 15) is 4.79 Å². The lowest BCUT2D eigenvalue weighted by atomic mass is 10.1. The maximum atomic E-state index is 11.9. The van der Waals surface area contributed by atoms with Crippen LogP contribution in [0.5, 0.6) is 5.75 Å². The highest BCUT2D eigenvalue weighted by atomic mass is 79.9. The van der Waals surface area contributed by atoms with Crippen molar-refractivity contribution in [2.75, 3.05) is 12.3 Å². The summed E-state index contributed by atoms with van der Waals surface area (Å²) in [4.78, 5) is 11.9. The molecule has 4 nitrogen and oxygen atoms in total. The smallest absolute Gasteiger partial charge is 0.258 e. The van der Waals surface area contributed by atoms with Gasteiger partial charge in [-0.2, -0.15) is 0 Å². The molecule has 1 unspecified atom stereocenters. The number of carbonyl (C=O) groups excluding carboxylic acids is 1. The Labute approximate surface area is 132 Å². The fraction of sp³-hybridized carbons (Fsp3) is 0.188. The van der Waals surface area contributed by atoms with Gasteiger partial charge in [-0.25, -0.2) is 0 Å². The van der Waals surface area contributed by atoms with E-state index in [-0.39, 0.29) is 18.6 Å². The van der Waals surface area contributed by atoms with Gasteiger partial charge in [-0.05, 0) is 42.8 Å². The highest BCUT2D eigenvalue weighted by Crippen LogP contribution is 2.22. The van der Waals surface area contributed by atoms with Crippen LogP contribution in [0, 0.1) is 0 Å². The van der Waals surface area contributed by atoms with Gasteiger partial charge in [0.1, 0.15) is 5.75 Å². The molecule has 0 spiro atoms. The Kier molecular flexibility index (Phi) is 5.22. The van der Waals surface area contributed by atoms with Gasteiger partial charge < -0.3 is 15.8 Å². The van der Waals surface area contributed by atoms with Gasteiger partial charge in [-0.1, -0.05) is 34.1 Å². The summed E-state index contributed by atoms with van der Waals surface area (Å²) in [5.74, 6) is 0.447. The van der Waals surface area contributed by atoms with Crippen LogP contribution < -0.4 is 15.8 Å². The highest BCUT2D eigenvalue weighted by molar-refractivity contribution is 9.10. The number of nitrogens with one attached hydrogen (secondary N) is 1. The molecule has 5 heteroatoms. The van der Waals surface area contributed by atoms with E-state index < -0.39 is 0 Å². The van der Waals surface area contributed by atoms with Crippen LogP contribution in [-0.2, 0) is 4.79 Å². The fourth-order valence-corrected chi connectivity index (χ4v) is 2.53. The summed E-state index contributed by atoms with van der Waals surface area (Å²) in [7, 11) is 0. The van der Waals surface area contributed by atoms with Crippen molar-refractivity contribution in [3.8, 4) is 5.75 Å². The second-order valence-electron chi connectivity index (χ2n) is 4.67. The molecule has 0 aliphatic carbocycles. The summed E-state index contributed by atoms with van der Waals surface area (Å²) in [5, 5.41) is 2.90. The molecule has 0 radical (unpaired) electrons. The predicted octanol–water partition coefficient (Wildman–Crippen LogP) is 3.29. The van der Waals surface area contributed by atoms with Crippen molar-refractivity contribution < 1.29 is 9.53 Å². The number of rotatable bonds is 5. The normalized spacial score (nSPS) is 11.7. The molecule has 110 valence electrons. The number of nitrogens with two attached hydrogens (primary N) is 1. The van der Waals surface area contributed by atoms with Gasteiger partial charge >= 0.3 is 0 Å². The number of hydrogen-bond donors (Lipinski definition) is 2. The zero-order chi connectivity index (χ0) is 15.2. The molecule has 2 aromatic carbocycles. The van der Waals surface area contributed by atoms with Crippen molar-refractivity contribution in [3.63, 3.8) is 0 Å². The average molecular weight is 349 g/mol. The fourth-order valence-electron chi connectivity index (χ4n) is 1.90. The molecule has 0 aliphatic rings. The van der Waals surface area contributed by atoms with Crippen molar-refractivity contribution in [2.24, 2.45) is 0 Å². The number of benzene rings is 2. The summed E-state index contributed by atoms with van der Waals surface area (Å²) in [5.41, 5.74) is 7.28. The van der Waals surface area contributed by atoms with Crippen molar-refractivity contribution in [3.05, 3.63) is 58.6 Å². The quantitative estimate of drug-likeness (QED) is 0.815. The minimum Gasteiger partial charge on any atom is -0.484 e. The van der Waals surface area contributed by atoms with E-state index in [0.29, 0.717) is 11.4 Å². The monoisotopic (exact) mass is 348 g/mol. The standard InChI is InChI=1S/C16H17BrN2O2/c1-11(14-4-2-3-5-15(14)17)19-16(20)10-21-13-8-6-12(18)7-9-13/h2-9,11H,10,18H2,1H3,(H,19,20). The maximum Gasteiger partial charge on any atom is 0.258 e. The summed E-state index contributed by atoms with van der Waals surface area (Å²) in [6.07, 6.45) is 0. The Bertz CT molecular complexity index is 614. The second-order valence-corrected chi connectivity index (χ2v) is 5.52. The van der Waals surface area contributed by atoms with Crippen LogP contribution in [0.4, 0.5) is 5.69 Å². The van der Waals surface area contributed by atoms with Gasteiger partial charge in [0.15, 0.2) is 6.61 Å². The molecular weight excluding hydrogens is 332 g/mol. The Morgan fingerprint density at radius 1 is 1.24 bits per heavy atom. The zero-order valence-corrected chi connectivity index (χ0v) is 13.3. The third-order valence-electron chi connectivity index (χ3n) is 3.00. The third-order valence-corrected chi connectivity index (χ3v) is 3.72. The van der Waals surface area contributed by atoms with Gasteiger partial charge in [-0.15, -0.1) is 0 Å². The number of hydrogen-bond acceptors (Lipinski definition) is 3. The molecule has 2 aromatic rings. The molecule has 0 fully saturated rings. The number of ether oxygens (including phenoxy) is 1. The van der Waals surface area contributed by atoms with E-state index in [1.165, 1.54) is 0 Å². The summed E-state index contributed by atoms with van der Waals surface area (Å²) in [6.45, 7) is 1.90. The van der Waals surface area contributed by atoms with Crippen LogP contribution in [0.2, 0.25) is 0 Å². The van der Waals surface area contributed by atoms with Gasteiger partial charge in [0, 0.05) is 10.2 Å².